The van der Waals surface area contributed by atoms with Crippen molar-refractivity contribution in [1.82, 2.24) is 19.5 Å². The predicted octanol–water partition coefficient (Wildman–Crippen LogP) is -0.812. The number of hydrogen-bond acceptors (Lipinski definition) is 8. The number of ether oxygens (including phenoxy) is 1. The van der Waals surface area contributed by atoms with Crippen LogP contribution in [0.3, 0.4) is 0 Å². The molecule has 4 N–H and O–H groups in total. The molecule has 11 heteroatoms. The third-order valence-corrected chi connectivity index (χ3v) is 3.14. The zero-order valence-electron chi connectivity index (χ0n) is 12.2. The SMILES string of the molecule is Nc1ccn([C@@H]2O[C@H](CO)[C@@H](O)C2(F)F)c(=O)n1.c1cncnc1. The van der Waals surface area contributed by atoms with E-state index in [1.54, 1.807) is 18.5 Å². The Morgan fingerprint density at radius 3 is 2.46 bits per heavy atom. The number of halogens is 2. The molecule has 3 rings (SSSR count). The van der Waals surface area contributed by atoms with Crippen molar-refractivity contribution in [2.45, 2.75) is 24.4 Å². The minimum Gasteiger partial charge on any atom is -0.394 e. The average molecular weight is 343 g/mol. The van der Waals surface area contributed by atoms with Gasteiger partial charge in [-0.05, 0) is 12.1 Å². The summed E-state index contributed by atoms with van der Waals surface area (Å²) in [5.41, 5.74) is 4.21. The van der Waals surface area contributed by atoms with Gasteiger partial charge in [0.2, 0.25) is 6.23 Å². The number of nitrogens with two attached hydrogens (primary N) is 1. The first-order valence-corrected chi connectivity index (χ1v) is 6.74. The van der Waals surface area contributed by atoms with Gasteiger partial charge >= 0.3 is 11.6 Å². The first-order chi connectivity index (χ1) is 11.4. The second kappa shape index (κ2) is 7.38. The molecule has 2 aromatic heterocycles. The molecule has 1 aliphatic rings. The van der Waals surface area contributed by atoms with Crippen molar-refractivity contribution in [3.8, 4) is 0 Å². The Hall–Kier alpha value is -2.50. The summed E-state index contributed by atoms with van der Waals surface area (Å²) in [6.07, 6.45) is 0.187. The van der Waals surface area contributed by atoms with Crippen molar-refractivity contribution in [1.29, 1.82) is 0 Å². The molecular formula is C13H15F2N5O4. The van der Waals surface area contributed by atoms with Gasteiger partial charge in [0, 0.05) is 18.6 Å². The van der Waals surface area contributed by atoms with Crippen LogP contribution in [0.4, 0.5) is 14.6 Å². The highest BCUT2D eigenvalue weighted by atomic mass is 19.3. The highest BCUT2D eigenvalue weighted by molar-refractivity contribution is 5.23. The van der Waals surface area contributed by atoms with Crippen LogP contribution in [0, 0.1) is 0 Å². The summed E-state index contributed by atoms with van der Waals surface area (Å²) in [5.74, 6) is -3.83. The molecule has 0 unspecified atom stereocenters. The van der Waals surface area contributed by atoms with Crippen LogP contribution < -0.4 is 11.4 Å². The maximum atomic E-state index is 13.7. The quantitative estimate of drug-likeness (QED) is 0.644. The fourth-order valence-corrected chi connectivity index (χ4v) is 1.98. The lowest BCUT2D eigenvalue weighted by molar-refractivity contribution is -0.140. The molecule has 0 spiro atoms. The zero-order valence-corrected chi connectivity index (χ0v) is 12.2. The molecule has 3 heterocycles. The summed E-state index contributed by atoms with van der Waals surface area (Å²) in [6, 6.07) is 2.93. The smallest absolute Gasteiger partial charge is 0.351 e. The third kappa shape index (κ3) is 3.69. The van der Waals surface area contributed by atoms with Crippen LogP contribution in [0.15, 0.2) is 41.8 Å². The van der Waals surface area contributed by atoms with Crippen LogP contribution in [0.25, 0.3) is 0 Å². The van der Waals surface area contributed by atoms with Crippen molar-refractivity contribution in [2.24, 2.45) is 0 Å². The Balaban J connectivity index is 0.000000292. The summed E-state index contributed by atoms with van der Waals surface area (Å²) < 4.78 is 32.7. The average Bonchev–Trinajstić information content (AvgIpc) is 2.80. The van der Waals surface area contributed by atoms with Gasteiger partial charge in [-0.2, -0.15) is 13.8 Å². The fraction of sp³-hybridized carbons (Fsp3) is 0.385. The molecule has 1 aliphatic heterocycles. The van der Waals surface area contributed by atoms with Gasteiger partial charge < -0.3 is 20.7 Å². The molecule has 0 bridgehead atoms. The van der Waals surface area contributed by atoms with Crippen LogP contribution in [0.1, 0.15) is 6.23 Å². The molecule has 24 heavy (non-hydrogen) atoms. The number of aromatic nitrogens is 4. The highest BCUT2D eigenvalue weighted by Crippen LogP contribution is 2.41. The summed E-state index contributed by atoms with van der Waals surface area (Å²) >= 11 is 0. The van der Waals surface area contributed by atoms with Crippen LogP contribution in [-0.2, 0) is 4.74 Å². The van der Waals surface area contributed by atoms with Gasteiger partial charge in [-0.25, -0.2) is 14.8 Å². The van der Waals surface area contributed by atoms with E-state index >= 15 is 0 Å². The Labute approximate surface area is 134 Å². The Kier molecular flexibility index (Phi) is 5.49. The highest BCUT2D eigenvalue weighted by Gasteiger charge is 2.59. The fourth-order valence-electron chi connectivity index (χ4n) is 1.98. The number of nitrogen functional groups attached to an aromatic ring is 1. The molecule has 0 saturated carbocycles. The molecule has 130 valence electrons. The van der Waals surface area contributed by atoms with E-state index in [4.69, 9.17) is 15.6 Å². The second-order valence-corrected chi connectivity index (χ2v) is 4.78. The van der Waals surface area contributed by atoms with Crippen LogP contribution in [-0.4, -0.2) is 54.5 Å². The van der Waals surface area contributed by atoms with Crippen molar-refractivity contribution >= 4 is 5.82 Å². The number of hydrogen-bond donors (Lipinski definition) is 3. The molecule has 9 nitrogen and oxygen atoms in total. The summed E-state index contributed by atoms with van der Waals surface area (Å²) in [7, 11) is 0. The van der Waals surface area contributed by atoms with Gasteiger partial charge in [0.25, 0.3) is 0 Å². The Morgan fingerprint density at radius 1 is 1.38 bits per heavy atom. The van der Waals surface area contributed by atoms with Gasteiger partial charge in [-0.1, -0.05) is 0 Å². The normalized spacial score (nSPS) is 24.9. The van der Waals surface area contributed by atoms with Crippen molar-refractivity contribution < 1.29 is 23.7 Å². The van der Waals surface area contributed by atoms with E-state index in [0.717, 1.165) is 12.3 Å². The lowest BCUT2D eigenvalue weighted by Crippen LogP contribution is -2.41. The maximum Gasteiger partial charge on any atom is 0.351 e. The first kappa shape index (κ1) is 17.8. The third-order valence-electron chi connectivity index (χ3n) is 3.14. The minimum atomic E-state index is -3.71. The largest absolute Gasteiger partial charge is 0.394 e. The van der Waals surface area contributed by atoms with E-state index in [-0.39, 0.29) is 5.82 Å². The molecule has 1 saturated heterocycles. The number of nitrogens with zero attached hydrogens (tertiary/aromatic N) is 4. The summed E-state index contributed by atoms with van der Waals surface area (Å²) in [6.45, 7) is -0.787. The minimum absolute atomic E-state index is 0.114. The lowest BCUT2D eigenvalue weighted by Gasteiger charge is -2.20. The van der Waals surface area contributed by atoms with Crippen molar-refractivity contribution in [2.75, 3.05) is 12.3 Å². The van der Waals surface area contributed by atoms with Crippen LogP contribution in [0.5, 0.6) is 0 Å². The van der Waals surface area contributed by atoms with Crippen LogP contribution >= 0.6 is 0 Å². The van der Waals surface area contributed by atoms with Gasteiger partial charge in [0.1, 0.15) is 18.2 Å². The number of alkyl halides is 2. The second-order valence-electron chi connectivity index (χ2n) is 4.78. The van der Waals surface area contributed by atoms with Gasteiger partial charge in [-0.15, -0.1) is 0 Å². The summed E-state index contributed by atoms with van der Waals surface area (Å²) in [4.78, 5) is 22.1. The number of aliphatic hydroxyl groups excluding tert-OH is 2. The van der Waals surface area contributed by atoms with E-state index in [0.29, 0.717) is 4.57 Å². The molecule has 3 atom stereocenters. The molecule has 0 radical (unpaired) electrons. The Bertz CT molecular complexity index is 688. The first-order valence-electron chi connectivity index (χ1n) is 6.74. The monoisotopic (exact) mass is 343 g/mol. The van der Waals surface area contributed by atoms with Crippen LogP contribution in [0.2, 0.25) is 0 Å². The molecule has 2 aromatic rings. The number of anilines is 1. The molecular weight excluding hydrogens is 328 g/mol. The van der Waals surface area contributed by atoms with E-state index in [2.05, 4.69) is 15.0 Å². The zero-order chi connectivity index (χ0) is 17.7. The molecule has 0 amide bonds. The standard InChI is InChI=1S/C9H11F2N3O4.C4H4N2/c10-9(11)6(16)4(3-15)18-7(9)14-2-1-5(12)13-8(14)17;1-2-5-4-6-3-1/h1-2,4,6-7,15-16H,3H2,(H2,12,13,17);1-4H/t4-,6-,7-;/m1./s1. The van der Waals surface area contributed by atoms with E-state index in [1.165, 1.54) is 6.33 Å². The lowest BCUT2D eigenvalue weighted by atomic mass is 10.1. The van der Waals surface area contributed by atoms with Crippen molar-refractivity contribution in [3.63, 3.8) is 0 Å². The number of aliphatic hydroxyl groups is 2. The van der Waals surface area contributed by atoms with Gasteiger partial charge in [0.15, 0.2) is 6.10 Å². The van der Waals surface area contributed by atoms with Crippen molar-refractivity contribution in [3.05, 3.63) is 47.5 Å². The molecule has 0 aromatic carbocycles. The number of rotatable bonds is 2. The maximum absolute atomic E-state index is 13.7. The topological polar surface area (TPSA) is 136 Å². The summed E-state index contributed by atoms with van der Waals surface area (Å²) in [5, 5.41) is 18.1. The molecule has 1 fully saturated rings. The van der Waals surface area contributed by atoms with E-state index in [9.17, 15) is 18.7 Å². The van der Waals surface area contributed by atoms with Gasteiger partial charge in [-0.3, -0.25) is 4.57 Å². The van der Waals surface area contributed by atoms with E-state index < -0.39 is 36.7 Å². The van der Waals surface area contributed by atoms with E-state index in [1.807, 2.05) is 0 Å². The molecule has 0 aliphatic carbocycles. The van der Waals surface area contributed by atoms with Gasteiger partial charge in [0.05, 0.1) is 6.61 Å². The predicted molar refractivity (Wildman–Crippen MR) is 76.9 cm³/mol. The Morgan fingerprint density at radius 2 is 2.04 bits per heavy atom.